The van der Waals surface area contributed by atoms with Crippen molar-refractivity contribution in [3.63, 3.8) is 0 Å². The first-order chi connectivity index (χ1) is 15.5. The van der Waals surface area contributed by atoms with E-state index in [1.165, 1.54) is 30.2 Å². The normalized spacial score (nSPS) is 16.0. The van der Waals surface area contributed by atoms with Crippen molar-refractivity contribution >= 4 is 46.0 Å². The van der Waals surface area contributed by atoms with Gasteiger partial charge in [-0.1, -0.05) is 36.4 Å². The molecule has 0 saturated carbocycles. The molecule has 4 rings (SSSR count). The minimum Gasteiger partial charge on any atom is -0.500 e. The predicted octanol–water partition coefficient (Wildman–Crippen LogP) is 5.12. The molecule has 3 aromatic rings. The number of anilines is 1. The zero-order valence-electron chi connectivity index (χ0n) is 16.8. The Morgan fingerprint density at radius 1 is 1.09 bits per heavy atom. The molecule has 0 spiro atoms. The Labute approximate surface area is 187 Å². The molecule has 1 fully saturated rings. The number of carbonyl (C=O) groups excluding carboxylic acids is 1. The maximum atomic E-state index is 13.3. The number of carbonyl (C=O) groups is 1. The van der Waals surface area contributed by atoms with Gasteiger partial charge in [0.15, 0.2) is 10.9 Å². The van der Waals surface area contributed by atoms with Crippen molar-refractivity contribution in [2.75, 3.05) is 12.0 Å². The van der Waals surface area contributed by atoms with E-state index in [4.69, 9.17) is 4.74 Å². The van der Waals surface area contributed by atoms with Crippen LogP contribution in [0.3, 0.4) is 0 Å². The van der Waals surface area contributed by atoms with E-state index in [0.717, 1.165) is 11.8 Å². The number of ether oxygens (including phenoxy) is 1. The van der Waals surface area contributed by atoms with E-state index in [0.29, 0.717) is 27.0 Å². The smallest absolute Gasteiger partial charge is 0.315 e. The van der Waals surface area contributed by atoms with Crippen molar-refractivity contribution in [3.05, 3.63) is 93.4 Å². The van der Waals surface area contributed by atoms with Crippen LogP contribution in [0.15, 0.2) is 82.7 Å². The molecule has 32 heavy (non-hydrogen) atoms. The number of amides is 1. The van der Waals surface area contributed by atoms with Crippen molar-refractivity contribution < 1.29 is 19.6 Å². The van der Waals surface area contributed by atoms with E-state index in [-0.39, 0.29) is 11.7 Å². The van der Waals surface area contributed by atoms with Gasteiger partial charge in [-0.2, -0.15) is 0 Å². The van der Waals surface area contributed by atoms with Crippen LogP contribution >= 0.6 is 11.8 Å². The van der Waals surface area contributed by atoms with Gasteiger partial charge in [0, 0.05) is 6.07 Å². The average molecular weight is 447 g/mol. The summed E-state index contributed by atoms with van der Waals surface area (Å²) in [6, 6.07) is 21.0. The van der Waals surface area contributed by atoms with Crippen molar-refractivity contribution in [1.29, 1.82) is 0 Å². The molecule has 0 aliphatic carbocycles. The van der Waals surface area contributed by atoms with Crippen LogP contribution < -0.4 is 9.64 Å². The number of phenols is 1. The Morgan fingerprint density at radius 2 is 1.75 bits per heavy atom. The summed E-state index contributed by atoms with van der Waals surface area (Å²) < 4.78 is 5.05. The highest BCUT2D eigenvalue weighted by Crippen LogP contribution is 2.40. The standard InChI is InChI=1S/C23H17N3O5S/c1-31-19-13-15(12-18(21(19)27)26(29)30)14-20-22(28)25(17-10-6-3-7-11-17)23(32-20)24-16-8-4-2-5-9-16/h2-14,27H,1H3. The predicted molar refractivity (Wildman–Crippen MR) is 124 cm³/mol. The first kappa shape index (κ1) is 21.1. The molecule has 1 saturated heterocycles. The van der Waals surface area contributed by atoms with Gasteiger partial charge in [-0.15, -0.1) is 0 Å². The molecule has 0 aromatic heterocycles. The third-order valence-corrected chi connectivity index (χ3v) is 5.56. The molecule has 0 radical (unpaired) electrons. The van der Waals surface area contributed by atoms with E-state index < -0.39 is 16.4 Å². The highest BCUT2D eigenvalue weighted by Gasteiger charge is 2.35. The Hall–Kier alpha value is -4.11. The quantitative estimate of drug-likeness (QED) is 0.331. The van der Waals surface area contributed by atoms with Crippen molar-refractivity contribution in [2.24, 2.45) is 4.99 Å². The molecular weight excluding hydrogens is 430 g/mol. The number of benzene rings is 3. The van der Waals surface area contributed by atoms with Crippen LogP contribution in [-0.4, -0.2) is 28.2 Å². The molecule has 8 nitrogen and oxygen atoms in total. The average Bonchev–Trinajstić information content (AvgIpc) is 3.10. The fourth-order valence-electron chi connectivity index (χ4n) is 3.11. The number of para-hydroxylation sites is 2. The zero-order valence-corrected chi connectivity index (χ0v) is 17.7. The lowest BCUT2D eigenvalue weighted by Crippen LogP contribution is -2.28. The molecule has 160 valence electrons. The lowest BCUT2D eigenvalue weighted by atomic mass is 10.1. The first-order valence-electron chi connectivity index (χ1n) is 9.46. The summed E-state index contributed by atoms with van der Waals surface area (Å²) in [5.41, 5.74) is 1.17. The number of thioether (sulfide) groups is 1. The topological polar surface area (TPSA) is 105 Å². The second-order valence-corrected chi connectivity index (χ2v) is 7.67. The third kappa shape index (κ3) is 4.19. The SMILES string of the molecule is COc1cc(C=C2SC(=Nc3ccccc3)N(c3ccccc3)C2=O)cc([N+](=O)[O-])c1O. The highest BCUT2D eigenvalue weighted by molar-refractivity contribution is 8.19. The van der Waals surface area contributed by atoms with Gasteiger partial charge >= 0.3 is 5.69 Å². The summed E-state index contributed by atoms with van der Waals surface area (Å²) in [6.45, 7) is 0. The Morgan fingerprint density at radius 3 is 2.38 bits per heavy atom. The number of methoxy groups -OCH3 is 1. The number of hydrogen-bond acceptors (Lipinski definition) is 7. The van der Waals surface area contributed by atoms with Gasteiger partial charge in [0.05, 0.1) is 28.3 Å². The largest absolute Gasteiger partial charge is 0.500 e. The van der Waals surface area contributed by atoms with Crippen LogP contribution in [0.25, 0.3) is 6.08 Å². The van der Waals surface area contributed by atoms with Gasteiger partial charge in [-0.05, 0) is 53.7 Å². The lowest BCUT2D eigenvalue weighted by Gasteiger charge is -2.15. The summed E-state index contributed by atoms with van der Waals surface area (Å²) >= 11 is 1.16. The van der Waals surface area contributed by atoms with Crippen LogP contribution in [-0.2, 0) is 4.79 Å². The zero-order chi connectivity index (χ0) is 22.7. The van der Waals surface area contributed by atoms with Crippen molar-refractivity contribution in [2.45, 2.75) is 0 Å². The molecule has 1 heterocycles. The molecule has 9 heteroatoms. The van der Waals surface area contributed by atoms with Crippen LogP contribution in [0.5, 0.6) is 11.5 Å². The number of aromatic hydroxyl groups is 1. The van der Waals surface area contributed by atoms with E-state index >= 15 is 0 Å². The number of nitrogens with zero attached hydrogens (tertiary/aromatic N) is 3. The minimum absolute atomic E-state index is 0.0559. The lowest BCUT2D eigenvalue weighted by molar-refractivity contribution is -0.386. The molecule has 1 amide bonds. The van der Waals surface area contributed by atoms with Gasteiger partial charge < -0.3 is 9.84 Å². The van der Waals surface area contributed by atoms with E-state index in [9.17, 15) is 20.0 Å². The number of nitro groups is 1. The van der Waals surface area contributed by atoms with Gasteiger partial charge in [-0.3, -0.25) is 19.8 Å². The van der Waals surface area contributed by atoms with Crippen molar-refractivity contribution in [1.82, 2.24) is 0 Å². The van der Waals surface area contributed by atoms with Gasteiger partial charge in [-0.25, -0.2) is 4.99 Å². The second-order valence-electron chi connectivity index (χ2n) is 6.66. The molecule has 0 unspecified atom stereocenters. The summed E-state index contributed by atoms with van der Waals surface area (Å²) in [7, 11) is 1.30. The minimum atomic E-state index is -0.706. The first-order valence-corrected chi connectivity index (χ1v) is 10.3. The van der Waals surface area contributed by atoms with Crippen LogP contribution in [0.4, 0.5) is 17.1 Å². The molecule has 1 N–H and O–H groups in total. The number of amidine groups is 1. The van der Waals surface area contributed by atoms with Crippen molar-refractivity contribution in [3.8, 4) is 11.5 Å². The van der Waals surface area contributed by atoms with E-state index in [2.05, 4.69) is 4.99 Å². The molecule has 3 aromatic carbocycles. The van der Waals surface area contributed by atoms with Crippen LogP contribution in [0.2, 0.25) is 0 Å². The molecule has 0 bridgehead atoms. The Balaban J connectivity index is 1.80. The Kier molecular flexibility index (Phi) is 5.91. The van der Waals surface area contributed by atoms with Gasteiger partial charge in [0.1, 0.15) is 0 Å². The number of aliphatic imine (C=N–C) groups is 1. The van der Waals surface area contributed by atoms with Gasteiger partial charge in [0.25, 0.3) is 5.91 Å². The maximum absolute atomic E-state index is 13.3. The summed E-state index contributed by atoms with van der Waals surface area (Å²) in [6.07, 6.45) is 1.52. The fraction of sp³-hybridized carbons (Fsp3) is 0.0435. The monoisotopic (exact) mass is 447 g/mol. The summed E-state index contributed by atoms with van der Waals surface area (Å²) in [5, 5.41) is 21.8. The highest BCUT2D eigenvalue weighted by atomic mass is 32.2. The van der Waals surface area contributed by atoms with E-state index in [1.807, 2.05) is 48.5 Å². The number of nitro benzene ring substituents is 1. The molecular formula is C23H17N3O5S. The molecule has 0 atom stereocenters. The third-order valence-electron chi connectivity index (χ3n) is 4.59. The Bertz CT molecular complexity index is 1240. The second kappa shape index (κ2) is 8.94. The van der Waals surface area contributed by atoms with E-state index in [1.54, 1.807) is 12.1 Å². The molecule has 1 aliphatic rings. The summed E-state index contributed by atoms with van der Waals surface area (Å²) in [4.78, 5) is 30.3. The number of hydrogen-bond donors (Lipinski definition) is 1. The van der Waals surface area contributed by atoms with Crippen LogP contribution in [0, 0.1) is 10.1 Å². The number of rotatable bonds is 5. The van der Waals surface area contributed by atoms with Gasteiger partial charge in [0.2, 0.25) is 5.75 Å². The van der Waals surface area contributed by atoms with Crippen LogP contribution in [0.1, 0.15) is 5.56 Å². The maximum Gasteiger partial charge on any atom is 0.315 e. The fourth-order valence-corrected chi connectivity index (χ4v) is 4.11. The molecule has 1 aliphatic heterocycles. The number of phenolic OH excluding ortho intramolecular Hbond substituents is 1. The summed E-state index contributed by atoms with van der Waals surface area (Å²) in [5.74, 6) is -0.938.